The summed E-state index contributed by atoms with van der Waals surface area (Å²) in [6.45, 7) is 0. The standard InChI is InChI=1S/C15H10BrN5O2S/c16-12-7-3-2-6-11(12)14-18-19-15(24)20(14)17-9-10-5-1-4-8-13(10)21(22)23/h1-9H,(H,19,24)/b17-9-. The fraction of sp³-hybridized carbons (Fsp3) is 0. The molecule has 0 aliphatic rings. The third-order valence-electron chi connectivity index (χ3n) is 3.21. The molecule has 7 nitrogen and oxygen atoms in total. The van der Waals surface area contributed by atoms with Crippen LogP contribution in [0.2, 0.25) is 0 Å². The molecule has 24 heavy (non-hydrogen) atoms. The fourth-order valence-corrected chi connectivity index (χ4v) is 2.74. The van der Waals surface area contributed by atoms with Crippen LogP contribution in [0.15, 0.2) is 58.1 Å². The summed E-state index contributed by atoms with van der Waals surface area (Å²) in [5, 5.41) is 22.2. The second-order valence-corrected chi connectivity index (χ2v) is 5.95. The van der Waals surface area contributed by atoms with Crippen LogP contribution in [0.4, 0.5) is 5.69 Å². The molecule has 0 aliphatic carbocycles. The molecule has 3 rings (SSSR count). The van der Waals surface area contributed by atoms with Crippen LogP contribution >= 0.6 is 28.1 Å². The van der Waals surface area contributed by atoms with Crippen molar-refractivity contribution in [1.29, 1.82) is 0 Å². The summed E-state index contributed by atoms with van der Waals surface area (Å²) in [6, 6.07) is 13.8. The number of para-hydroxylation sites is 1. The molecule has 0 spiro atoms. The van der Waals surface area contributed by atoms with Crippen molar-refractivity contribution >= 4 is 40.0 Å². The molecule has 1 N–H and O–H groups in total. The van der Waals surface area contributed by atoms with Gasteiger partial charge in [-0.1, -0.05) is 40.2 Å². The number of nitro groups is 1. The largest absolute Gasteiger partial charge is 0.278 e. The van der Waals surface area contributed by atoms with E-state index in [1.54, 1.807) is 18.2 Å². The highest BCUT2D eigenvalue weighted by molar-refractivity contribution is 9.10. The van der Waals surface area contributed by atoms with Crippen LogP contribution in [0.1, 0.15) is 5.56 Å². The van der Waals surface area contributed by atoms with E-state index in [1.807, 2.05) is 24.3 Å². The SMILES string of the molecule is O=[N+]([O-])c1ccccc1/C=N\n1c(-c2ccccc2Br)n[nH]c1=S. The van der Waals surface area contributed by atoms with Crippen LogP contribution in [0.5, 0.6) is 0 Å². The lowest BCUT2D eigenvalue weighted by atomic mass is 10.2. The van der Waals surface area contributed by atoms with Gasteiger partial charge in [-0.15, -0.1) is 0 Å². The highest BCUT2D eigenvalue weighted by Crippen LogP contribution is 2.26. The van der Waals surface area contributed by atoms with Crippen molar-refractivity contribution in [3.63, 3.8) is 0 Å². The Hall–Kier alpha value is -2.65. The zero-order chi connectivity index (χ0) is 17.1. The summed E-state index contributed by atoms with van der Waals surface area (Å²) < 4.78 is 2.54. The smallest absolute Gasteiger partial charge is 0.258 e. The van der Waals surface area contributed by atoms with Gasteiger partial charge < -0.3 is 0 Å². The molecule has 120 valence electrons. The minimum absolute atomic E-state index is 0.0290. The van der Waals surface area contributed by atoms with Crippen LogP contribution in [0, 0.1) is 14.9 Å². The number of H-pyrrole nitrogens is 1. The molecule has 9 heteroatoms. The number of rotatable bonds is 4. The molecule has 0 saturated heterocycles. The van der Waals surface area contributed by atoms with Crippen LogP contribution in [-0.2, 0) is 0 Å². The molecule has 0 saturated carbocycles. The Morgan fingerprint density at radius 2 is 1.96 bits per heavy atom. The van der Waals surface area contributed by atoms with Crippen LogP contribution in [0.3, 0.4) is 0 Å². The normalized spacial score (nSPS) is 11.0. The van der Waals surface area contributed by atoms with Gasteiger partial charge in [-0.3, -0.25) is 10.1 Å². The van der Waals surface area contributed by atoms with Gasteiger partial charge in [0.25, 0.3) is 5.69 Å². The number of nitro benzene ring substituents is 1. The van der Waals surface area contributed by atoms with Gasteiger partial charge in [0.05, 0.1) is 16.7 Å². The first-order valence-corrected chi connectivity index (χ1v) is 7.98. The van der Waals surface area contributed by atoms with Crippen molar-refractivity contribution in [1.82, 2.24) is 14.9 Å². The van der Waals surface area contributed by atoms with E-state index in [-0.39, 0.29) is 10.5 Å². The molecule has 0 aliphatic heterocycles. The van der Waals surface area contributed by atoms with Crippen molar-refractivity contribution in [2.75, 3.05) is 0 Å². The number of nitrogens with one attached hydrogen (secondary N) is 1. The van der Waals surface area contributed by atoms with Gasteiger partial charge in [-0.25, -0.2) is 5.10 Å². The molecule has 1 aromatic heterocycles. The van der Waals surface area contributed by atoms with Crippen molar-refractivity contribution in [2.24, 2.45) is 5.10 Å². The van der Waals surface area contributed by atoms with Crippen LogP contribution in [0.25, 0.3) is 11.4 Å². The minimum atomic E-state index is -0.454. The van der Waals surface area contributed by atoms with Crippen LogP contribution < -0.4 is 0 Å². The summed E-state index contributed by atoms with van der Waals surface area (Å²) in [5.74, 6) is 0.502. The molecular weight excluding hydrogens is 394 g/mol. The third kappa shape index (κ3) is 3.17. The van der Waals surface area contributed by atoms with Crippen molar-refractivity contribution in [3.05, 3.63) is 73.5 Å². The highest BCUT2D eigenvalue weighted by atomic mass is 79.9. The molecular formula is C15H10BrN5O2S. The summed E-state index contributed by atoms with van der Waals surface area (Å²) >= 11 is 8.66. The first-order valence-electron chi connectivity index (χ1n) is 6.78. The monoisotopic (exact) mass is 403 g/mol. The predicted octanol–water partition coefficient (Wildman–Crippen LogP) is 4.16. The number of nitrogens with zero attached hydrogens (tertiary/aromatic N) is 4. The van der Waals surface area contributed by atoms with E-state index in [1.165, 1.54) is 17.0 Å². The van der Waals surface area contributed by atoms with E-state index in [0.29, 0.717) is 11.4 Å². The van der Waals surface area contributed by atoms with Gasteiger partial charge in [-0.05, 0) is 30.4 Å². The Morgan fingerprint density at radius 1 is 1.25 bits per heavy atom. The van der Waals surface area contributed by atoms with Gasteiger partial charge in [0.1, 0.15) is 0 Å². The molecule has 0 amide bonds. The van der Waals surface area contributed by atoms with E-state index in [0.717, 1.165) is 10.0 Å². The Labute approximate surface area is 149 Å². The van der Waals surface area contributed by atoms with E-state index < -0.39 is 4.92 Å². The lowest BCUT2D eigenvalue weighted by Gasteiger charge is -2.03. The lowest BCUT2D eigenvalue weighted by Crippen LogP contribution is -1.98. The number of hydrogen-bond donors (Lipinski definition) is 1. The fourth-order valence-electron chi connectivity index (χ4n) is 2.10. The average Bonchev–Trinajstić information content (AvgIpc) is 2.94. The van der Waals surface area contributed by atoms with Crippen molar-refractivity contribution < 1.29 is 4.92 Å². The predicted molar refractivity (Wildman–Crippen MR) is 96.6 cm³/mol. The lowest BCUT2D eigenvalue weighted by molar-refractivity contribution is -0.385. The van der Waals surface area contributed by atoms with Gasteiger partial charge in [0.15, 0.2) is 5.82 Å². The van der Waals surface area contributed by atoms with Crippen LogP contribution in [-0.4, -0.2) is 26.0 Å². The Balaban J connectivity index is 2.07. The number of aromatic nitrogens is 3. The Kier molecular flexibility index (Phi) is 4.63. The maximum absolute atomic E-state index is 11.1. The Morgan fingerprint density at radius 3 is 2.71 bits per heavy atom. The van der Waals surface area contributed by atoms with Gasteiger partial charge in [0, 0.05) is 16.1 Å². The maximum Gasteiger partial charge on any atom is 0.278 e. The summed E-state index contributed by atoms with van der Waals surface area (Å²) in [5.41, 5.74) is 1.15. The first kappa shape index (κ1) is 16.2. The van der Waals surface area contributed by atoms with E-state index in [9.17, 15) is 10.1 Å². The van der Waals surface area contributed by atoms with Gasteiger partial charge in [-0.2, -0.15) is 14.9 Å². The Bertz CT molecular complexity index is 995. The average molecular weight is 404 g/mol. The zero-order valence-electron chi connectivity index (χ0n) is 12.1. The highest BCUT2D eigenvalue weighted by Gasteiger charge is 2.13. The quantitative estimate of drug-likeness (QED) is 0.306. The molecule has 1 heterocycles. The number of hydrogen-bond acceptors (Lipinski definition) is 5. The minimum Gasteiger partial charge on any atom is -0.258 e. The zero-order valence-corrected chi connectivity index (χ0v) is 14.5. The maximum atomic E-state index is 11.1. The summed E-state index contributed by atoms with van der Waals surface area (Å²) in [7, 11) is 0. The van der Waals surface area contributed by atoms with E-state index >= 15 is 0 Å². The van der Waals surface area contributed by atoms with E-state index in [2.05, 4.69) is 31.2 Å². The van der Waals surface area contributed by atoms with Crippen molar-refractivity contribution in [3.8, 4) is 11.4 Å². The van der Waals surface area contributed by atoms with Gasteiger partial charge >= 0.3 is 0 Å². The summed E-state index contributed by atoms with van der Waals surface area (Å²) in [4.78, 5) is 10.6. The molecule has 2 aromatic carbocycles. The molecule has 0 bridgehead atoms. The topological polar surface area (TPSA) is 89.1 Å². The molecule has 0 fully saturated rings. The second-order valence-electron chi connectivity index (χ2n) is 4.70. The summed E-state index contributed by atoms with van der Waals surface area (Å²) in [6.07, 6.45) is 1.39. The molecule has 0 unspecified atom stereocenters. The molecule has 0 atom stereocenters. The molecule has 3 aromatic rings. The first-order chi connectivity index (χ1) is 11.6. The number of aromatic amines is 1. The van der Waals surface area contributed by atoms with Gasteiger partial charge in [0.2, 0.25) is 4.77 Å². The second kappa shape index (κ2) is 6.85. The molecule has 0 radical (unpaired) electrons. The number of benzene rings is 2. The number of halogens is 1. The third-order valence-corrected chi connectivity index (χ3v) is 4.17. The van der Waals surface area contributed by atoms with Crippen molar-refractivity contribution in [2.45, 2.75) is 0 Å². The van der Waals surface area contributed by atoms with E-state index in [4.69, 9.17) is 12.2 Å².